The van der Waals surface area contributed by atoms with E-state index in [1.807, 2.05) is 17.0 Å². The molecule has 0 amide bonds. The monoisotopic (exact) mass is 331 g/mol. The predicted molar refractivity (Wildman–Crippen MR) is 82.9 cm³/mol. The van der Waals surface area contributed by atoms with Crippen LogP contribution in [0, 0.1) is 0 Å². The zero-order valence-corrected chi connectivity index (χ0v) is 13.4. The second-order valence-electron chi connectivity index (χ2n) is 5.31. The normalized spacial score (nSPS) is 18.6. The van der Waals surface area contributed by atoms with Crippen LogP contribution in [0.3, 0.4) is 0 Å². The van der Waals surface area contributed by atoms with Crippen LogP contribution in [-0.2, 0) is 16.1 Å². The van der Waals surface area contributed by atoms with Gasteiger partial charge in [-0.05, 0) is 37.5 Å². The molecule has 0 aromatic heterocycles. The van der Waals surface area contributed by atoms with Crippen molar-refractivity contribution >= 4 is 29.2 Å². The van der Waals surface area contributed by atoms with Crippen molar-refractivity contribution in [2.45, 2.75) is 38.5 Å². The third-order valence-corrected chi connectivity index (χ3v) is 4.59. The molecule has 0 spiro atoms. The number of carboxylic acid groups (broad SMARTS) is 1. The van der Waals surface area contributed by atoms with Crippen LogP contribution in [0.15, 0.2) is 18.2 Å². The standard InChI is InChI=1S/C15H19Cl2NO3/c1-10(15(19)20)18-6-4-12(5-7-18)21-9-11-2-3-13(16)14(17)8-11/h2-3,8,10,12H,4-7,9H2,1H3,(H,19,20)/t10-/m1/s1. The Labute approximate surface area is 134 Å². The minimum atomic E-state index is -0.773. The van der Waals surface area contributed by atoms with Gasteiger partial charge >= 0.3 is 5.97 Å². The molecule has 6 heteroatoms. The van der Waals surface area contributed by atoms with E-state index in [0.29, 0.717) is 16.7 Å². The summed E-state index contributed by atoms with van der Waals surface area (Å²) in [5.74, 6) is -0.773. The molecule has 2 rings (SSSR count). The molecule has 21 heavy (non-hydrogen) atoms. The molecule has 1 saturated heterocycles. The van der Waals surface area contributed by atoms with E-state index in [2.05, 4.69) is 0 Å². The number of halogens is 2. The highest BCUT2D eigenvalue weighted by atomic mass is 35.5. The quantitative estimate of drug-likeness (QED) is 0.897. The van der Waals surface area contributed by atoms with E-state index in [9.17, 15) is 4.79 Å². The van der Waals surface area contributed by atoms with Crippen molar-refractivity contribution in [3.05, 3.63) is 33.8 Å². The lowest BCUT2D eigenvalue weighted by atomic mass is 10.1. The van der Waals surface area contributed by atoms with Gasteiger partial charge in [0.1, 0.15) is 6.04 Å². The van der Waals surface area contributed by atoms with Crippen LogP contribution in [0.4, 0.5) is 0 Å². The summed E-state index contributed by atoms with van der Waals surface area (Å²) in [7, 11) is 0. The minimum absolute atomic E-state index is 0.164. The molecule has 1 aromatic rings. The second kappa shape index (κ2) is 7.45. The van der Waals surface area contributed by atoms with Gasteiger partial charge in [-0.15, -0.1) is 0 Å². The number of benzene rings is 1. The molecular weight excluding hydrogens is 313 g/mol. The number of likely N-dealkylation sites (tertiary alicyclic amines) is 1. The van der Waals surface area contributed by atoms with Gasteiger partial charge < -0.3 is 9.84 Å². The van der Waals surface area contributed by atoms with Crippen LogP contribution in [-0.4, -0.2) is 41.2 Å². The molecule has 1 aliphatic heterocycles. The fourth-order valence-electron chi connectivity index (χ4n) is 2.43. The molecule has 1 fully saturated rings. The van der Waals surface area contributed by atoms with Crippen molar-refractivity contribution in [2.75, 3.05) is 13.1 Å². The topological polar surface area (TPSA) is 49.8 Å². The first-order chi connectivity index (χ1) is 9.97. The number of rotatable bonds is 5. The highest BCUT2D eigenvalue weighted by Gasteiger charge is 2.26. The second-order valence-corrected chi connectivity index (χ2v) is 6.12. The van der Waals surface area contributed by atoms with E-state index in [4.69, 9.17) is 33.0 Å². The molecule has 0 bridgehead atoms. The molecule has 0 saturated carbocycles. The Morgan fingerprint density at radius 3 is 2.62 bits per heavy atom. The number of carbonyl (C=O) groups is 1. The molecule has 1 N–H and O–H groups in total. The van der Waals surface area contributed by atoms with Crippen molar-refractivity contribution in [1.82, 2.24) is 4.90 Å². The van der Waals surface area contributed by atoms with Gasteiger partial charge in [-0.2, -0.15) is 0 Å². The van der Waals surface area contributed by atoms with Crippen LogP contribution in [0.2, 0.25) is 10.0 Å². The van der Waals surface area contributed by atoms with Crippen molar-refractivity contribution < 1.29 is 14.6 Å². The molecule has 1 aliphatic rings. The first-order valence-electron chi connectivity index (χ1n) is 6.99. The smallest absolute Gasteiger partial charge is 0.320 e. The number of hydrogen-bond acceptors (Lipinski definition) is 3. The summed E-state index contributed by atoms with van der Waals surface area (Å²) in [5, 5.41) is 10.1. The molecular formula is C15H19Cl2NO3. The first kappa shape index (κ1) is 16.6. The zero-order valence-electron chi connectivity index (χ0n) is 11.9. The van der Waals surface area contributed by atoms with E-state index >= 15 is 0 Å². The minimum Gasteiger partial charge on any atom is -0.480 e. The van der Waals surface area contributed by atoms with E-state index in [0.717, 1.165) is 31.5 Å². The van der Waals surface area contributed by atoms with Crippen LogP contribution in [0.1, 0.15) is 25.3 Å². The van der Waals surface area contributed by atoms with Crippen molar-refractivity contribution in [3.63, 3.8) is 0 Å². The van der Waals surface area contributed by atoms with Gasteiger partial charge in [-0.25, -0.2) is 0 Å². The Kier molecular flexibility index (Phi) is 5.88. The molecule has 1 atom stereocenters. The fraction of sp³-hybridized carbons (Fsp3) is 0.533. The lowest BCUT2D eigenvalue weighted by Crippen LogP contribution is -2.45. The maximum Gasteiger partial charge on any atom is 0.320 e. The maximum atomic E-state index is 11.0. The van der Waals surface area contributed by atoms with E-state index < -0.39 is 12.0 Å². The number of nitrogens with zero attached hydrogens (tertiary/aromatic N) is 1. The van der Waals surface area contributed by atoms with Gasteiger partial charge in [0.15, 0.2) is 0 Å². The van der Waals surface area contributed by atoms with Crippen molar-refractivity contribution in [2.24, 2.45) is 0 Å². The lowest BCUT2D eigenvalue weighted by Gasteiger charge is -2.34. The Bertz CT molecular complexity index is 502. The average Bonchev–Trinajstić information content (AvgIpc) is 2.48. The Morgan fingerprint density at radius 2 is 2.05 bits per heavy atom. The Hall–Kier alpha value is -0.810. The highest BCUT2D eigenvalue weighted by molar-refractivity contribution is 6.42. The summed E-state index contributed by atoms with van der Waals surface area (Å²) < 4.78 is 5.88. The van der Waals surface area contributed by atoms with Gasteiger partial charge in [0, 0.05) is 13.1 Å². The van der Waals surface area contributed by atoms with Gasteiger partial charge in [0.2, 0.25) is 0 Å². The van der Waals surface area contributed by atoms with E-state index in [1.165, 1.54) is 0 Å². The number of ether oxygens (including phenoxy) is 1. The molecule has 0 unspecified atom stereocenters. The summed E-state index contributed by atoms with van der Waals surface area (Å²) >= 11 is 11.8. The Morgan fingerprint density at radius 1 is 1.38 bits per heavy atom. The van der Waals surface area contributed by atoms with Crippen LogP contribution < -0.4 is 0 Å². The van der Waals surface area contributed by atoms with E-state index in [1.54, 1.807) is 13.0 Å². The van der Waals surface area contributed by atoms with Gasteiger partial charge in [-0.3, -0.25) is 9.69 Å². The number of carboxylic acids is 1. The van der Waals surface area contributed by atoms with Gasteiger partial charge in [0.25, 0.3) is 0 Å². The fourth-order valence-corrected chi connectivity index (χ4v) is 2.75. The molecule has 1 aromatic carbocycles. The van der Waals surface area contributed by atoms with Crippen LogP contribution >= 0.6 is 23.2 Å². The third-order valence-electron chi connectivity index (χ3n) is 3.85. The predicted octanol–water partition coefficient (Wildman–Crippen LogP) is 3.45. The summed E-state index contributed by atoms with van der Waals surface area (Å²) in [4.78, 5) is 12.9. The molecule has 0 radical (unpaired) electrons. The Balaban J connectivity index is 1.78. The van der Waals surface area contributed by atoms with Crippen LogP contribution in [0.5, 0.6) is 0 Å². The summed E-state index contributed by atoms with van der Waals surface area (Å²) in [6.07, 6.45) is 1.86. The van der Waals surface area contributed by atoms with E-state index in [-0.39, 0.29) is 6.10 Å². The van der Waals surface area contributed by atoms with Crippen molar-refractivity contribution in [1.29, 1.82) is 0 Å². The van der Waals surface area contributed by atoms with Crippen molar-refractivity contribution in [3.8, 4) is 0 Å². The van der Waals surface area contributed by atoms with Gasteiger partial charge in [0.05, 0.1) is 22.8 Å². The zero-order chi connectivity index (χ0) is 15.4. The highest BCUT2D eigenvalue weighted by Crippen LogP contribution is 2.24. The van der Waals surface area contributed by atoms with Gasteiger partial charge in [-0.1, -0.05) is 29.3 Å². The molecule has 1 heterocycles. The number of aliphatic carboxylic acids is 1. The number of piperidine rings is 1. The largest absolute Gasteiger partial charge is 0.480 e. The maximum absolute atomic E-state index is 11.0. The first-order valence-corrected chi connectivity index (χ1v) is 7.75. The lowest BCUT2D eigenvalue weighted by molar-refractivity contribution is -0.143. The number of hydrogen-bond donors (Lipinski definition) is 1. The summed E-state index contributed by atoms with van der Waals surface area (Å²) in [6, 6.07) is 5.04. The summed E-state index contributed by atoms with van der Waals surface area (Å²) in [6.45, 7) is 3.72. The van der Waals surface area contributed by atoms with Crippen LogP contribution in [0.25, 0.3) is 0 Å². The molecule has 116 valence electrons. The average molecular weight is 332 g/mol. The molecule has 4 nitrogen and oxygen atoms in total. The third kappa shape index (κ3) is 4.58. The molecule has 0 aliphatic carbocycles. The summed E-state index contributed by atoms with van der Waals surface area (Å²) in [5.41, 5.74) is 0.991. The SMILES string of the molecule is C[C@H](C(=O)O)N1CCC(OCc2ccc(Cl)c(Cl)c2)CC1.